The van der Waals surface area contributed by atoms with Gasteiger partial charge in [-0.15, -0.1) is 0 Å². The minimum Gasteiger partial charge on any atom is -0.493 e. The van der Waals surface area contributed by atoms with E-state index in [9.17, 15) is 9.59 Å². The minimum absolute atomic E-state index is 0.157. The molecule has 0 saturated heterocycles. The van der Waals surface area contributed by atoms with Crippen LogP contribution in [0.1, 0.15) is 27.1 Å². The highest BCUT2D eigenvalue weighted by Crippen LogP contribution is 2.42. The molecule has 3 aromatic carbocycles. The molecule has 0 fully saturated rings. The molecule has 0 aromatic heterocycles. The molecule has 1 aliphatic heterocycles. The van der Waals surface area contributed by atoms with Crippen molar-refractivity contribution in [3.63, 3.8) is 0 Å². The summed E-state index contributed by atoms with van der Waals surface area (Å²) in [4.78, 5) is 28.5. The molecule has 6 nitrogen and oxygen atoms in total. The Bertz CT molecular complexity index is 1260. The van der Waals surface area contributed by atoms with Crippen LogP contribution in [0, 0.1) is 0 Å². The number of ether oxygens (including phenoxy) is 3. The fourth-order valence-corrected chi connectivity index (χ4v) is 4.14. The van der Waals surface area contributed by atoms with Crippen LogP contribution < -0.4 is 19.1 Å². The second-order valence-corrected chi connectivity index (χ2v) is 8.82. The molecule has 0 saturated carbocycles. The summed E-state index contributed by atoms with van der Waals surface area (Å²) in [6, 6.07) is 16.8. The first kappa shape index (κ1) is 25.4. The first-order chi connectivity index (χ1) is 17.3. The standard InChI is InChI=1S/C28H23Cl2NO5/c1-34-24-13-23(14-25(35-2)28(24)36-3)31-15-19(26(32)17-4-8-21(29)9-5-17)12-20(16-31)27(33)18-6-10-22(30)11-7-18/h4-11,13-16H,12H2,1-3H3. The molecular formula is C28H23Cl2NO5. The van der Waals surface area contributed by atoms with Gasteiger partial charge in [0.1, 0.15) is 0 Å². The van der Waals surface area contributed by atoms with E-state index in [-0.39, 0.29) is 18.0 Å². The van der Waals surface area contributed by atoms with E-state index >= 15 is 0 Å². The van der Waals surface area contributed by atoms with Crippen molar-refractivity contribution in [2.24, 2.45) is 0 Å². The van der Waals surface area contributed by atoms with Crippen LogP contribution in [0.2, 0.25) is 10.0 Å². The highest BCUT2D eigenvalue weighted by Gasteiger charge is 2.26. The smallest absolute Gasteiger partial charge is 0.203 e. The average Bonchev–Trinajstić information content (AvgIpc) is 2.91. The number of carbonyl (C=O) groups excluding carboxylic acids is 2. The van der Waals surface area contributed by atoms with Crippen molar-refractivity contribution < 1.29 is 23.8 Å². The maximum absolute atomic E-state index is 13.4. The van der Waals surface area contributed by atoms with Gasteiger partial charge in [0.05, 0.1) is 27.0 Å². The second kappa shape index (κ2) is 10.9. The second-order valence-electron chi connectivity index (χ2n) is 7.95. The number of halogens is 2. The summed E-state index contributed by atoms with van der Waals surface area (Å²) < 4.78 is 16.4. The molecular weight excluding hydrogens is 501 g/mol. The van der Waals surface area contributed by atoms with Crippen LogP contribution in [-0.4, -0.2) is 32.9 Å². The molecule has 184 valence electrons. The average molecular weight is 524 g/mol. The summed E-state index contributed by atoms with van der Waals surface area (Å²) in [5, 5.41) is 1.06. The van der Waals surface area contributed by atoms with E-state index in [0.29, 0.717) is 55.3 Å². The number of carbonyl (C=O) groups is 2. The fourth-order valence-electron chi connectivity index (χ4n) is 3.89. The van der Waals surface area contributed by atoms with E-state index in [2.05, 4.69) is 0 Å². The van der Waals surface area contributed by atoms with Gasteiger partial charge in [0.25, 0.3) is 0 Å². The van der Waals surface area contributed by atoms with E-state index in [1.54, 1.807) is 78.0 Å². The van der Waals surface area contributed by atoms with Crippen molar-refractivity contribution in [2.75, 3.05) is 26.2 Å². The van der Waals surface area contributed by atoms with Crippen molar-refractivity contribution >= 4 is 40.5 Å². The summed E-state index contributed by atoms with van der Waals surface area (Å²) in [6.07, 6.45) is 3.57. The summed E-state index contributed by atoms with van der Waals surface area (Å²) >= 11 is 12.0. The van der Waals surface area contributed by atoms with Gasteiger partial charge in [-0.2, -0.15) is 0 Å². The number of anilines is 1. The van der Waals surface area contributed by atoms with Gasteiger partial charge < -0.3 is 19.1 Å². The van der Waals surface area contributed by atoms with Crippen LogP contribution >= 0.6 is 23.2 Å². The SMILES string of the molecule is COc1cc(N2C=C(C(=O)c3ccc(Cl)cc3)CC(C(=O)c3ccc(Cl)cc3)=C2)cc(OC)c1OC. The van der Waals surface area contributed by atoms with Crippen molar-refractivity contribution in [1.29, 1.82) is 0 Å². The van der Waals surface area contributed by atoms with Gasteiger partial charge in [-0.05, 0) is 48.5 Å². The Balaban J connectivity index is 1.81. The first-order valence-electron chi connectivity index (χ1n) is 10.9. The van der Waals surface area contributed by atoms with Crippen LogP contribution in [0.25, 0.3) is 0 Å². The Morgan fingerprint density at radius 1 is 0.694 bits per heavy atom. The minimum atomic E-state index is -0.210. The van der Waals surface area contributed by atoms with Crippen molar-refractivity contribution in [2.45, 2.75) is 6.42 Å². The third-order valence-corrected chi connectivity index (χ3v) is 6.22. The monoisotopic (exact) mass is 523 g/mol. The van der Waals surface area contributed by atoms with Gasteiger partial charge >= 0.3 is 0 Å². The van der Waals surface area contributed by atoms with E-state index in [4.69, 9.17) is 37.4 Å². The molecule has 0 radical (unpaired) electrons. The van der Waals surface area contributed by atoms with Gasteiger partial charge in [0, 0.05) is 63.3 Å². The highest BCUT2D eigenvalue weighted by atomic mass is 35.5. The lowest BCUT2D eigenvalue weighted by Gasteiger charge is -2.26. The number of ketones is 2. The zero-order chi connectivity index (χ0) is 25.8. The lowest BCUT2D eigenvalue weighted by molar-refractivity contribution is 0.102. The highest BCUT2D eigenvalue weighted by molar-refractivity contribution is 6.31. The molecule has 0 bridgehead atoms. The van der Waals surface area contributed by atoms with Gasteiger partial charge in [0.15, 0.2) is 23.1 Å². The van der Waals surface area contributed by atoms with Crippen LogP contribution in [0.5, 0.6) is 17.2 Å². The Morgan fingerprint density at radius 2 is 1.11 bits per heavy atom. The number of rotatable bonds is 8. The number of hydrogen-bond donors (Lipinski definition) is 0. The Kier molecular flexibility index (Phi) is 7.67. The van der Waals surface area contributed by atoms with E-state index < -0.39 is 0 Å². The summed E-state index contributed by atoms with van der Waals surface area (Å²) in [7, 11) is 4.56. The Labute approximate surface area is 219 Å². The molecule has 0 unspecified atom stereocenters. The zero-order valence-corrected chi connectivity index (χ0v) is 21.4. The maximum Gasteiger partial charge on any atom is 0.203 e. The lowest BCUT2D eigenvalue weighted by Crippen LogP contribution is -2.21. The van der Waals surface area contributed by atoms with Crippen LogP contribution in [0.4, 0.5) is 5.69 Å². The Hall–Kier alpha value is -3.74. The molecule has 4 rings (SSSR count). The predicted molar refractivity (Wildman–Crippen MR) is 141 cm³/mol. The number of allylic oxidation sites excluding steroid dienone is 2. The topological polar surface area (TPSA) is 65.1 Å². The van der Waals surface area contributed by atoms with Gasteiger partial charge in [0.2, 0.25) is 5.75 Å². The molecule has 36 heavy (non-hydrogen) atoms. The molecule has 3 aromatic rings. The number of benzene rings is 3. The lowest BCUT2D eigenvalue weighted by atomic mass is 9.91. The van der Waals surface area contributed by atoms with Gasteiger partial charge in [-0.3, -0.25) is 9.59 Å². The van der Waals surface area contributed by atoms with Crippen molar-refractivity contribution in [1.82, 2.24) is 0 Å². The van der Waals surface area contributed by atoms with E-state index in [1.807, 2.05) is 0 Å². The molecule has 0 amide bonds. The van der Waals surface area contributed by atoms with Crippen molar-refractivity contribution in [3.05, 3.63) is 105 Å². The third kappa shape index (κ3) is 5.25. The summed E-state index contributed by atoms with van der Waals surface area (Å²) in [6.45, 7) is 0. The van der Waals surface area contributed by atoms with Gasteiger partial charge in [-0.25, -0.2) is 0 Å². The number of nitrogens with zero attached hydrogens (tertiary/aromatic N) is 1. The van der Waals surface area contributed by atoms with Crippen LogP contribution in [-0.2, 0) is 0 Å². The Morgan fingerprint density at radius 3 is 1.47 bits per heavy atom. The molecule has 0 spiro atoms. The number of hydrogen-bond acceptors (Lipinski definition) is 6. The quantitative estimate of drug-likeness (QED) is 0.304. The predicted octanol–water partition coefficient (Wildman–Crippen LogP) is 6.76. The number of methoxy groups -OCH3 is 3. The molecule has 1 heterocycles. The van der Waals surface area contributed by atoms with Crippen molar-refractivity contribution in [3.8, 4) is 17.2 Å². The summed E-state index contributed by atoms with van der Waals surface area (Å²) in [5.74, 6) is 0.895. The maximum atomic E-state index is 13.4. The molecule has 8 heteroatoms. The van der Waals surface area contributed by atoms with Crippen LogP contribution in [0.15, 0.2) is 84.2 Å². The van der Waals surface area contributed by atoms with E-state index in [1.165, 1.54) is 21.3 Å². The third-order valence-electron chi connectivity index (χ3n) is 5.71. The fraction of sp³-hybridized carbons (Fsp3) is 0.143. The number of Topliss-reactive ketones (excluding diaryl/α,β-unsaturated/α-hetero) is 2. The summed E-state index contributed by atoms with van der Waals surface area (Å²) in [5.41, 5.74) is 2.43. The normalized spacial score (nSPS) is 13.0. The molecule has 0 atom stereocenters. The van der Waals surface area contributed by atoms with Gasteiger partial charge in [-0.1, -0.05) is 23.2 Å². The largest absolute Gasteiger partial charge is 0.493 e. The zero-order valence-electron chi connectivity index (χ0n) is 19.9. The van der Waals surface area contributed by atoms with Crippen LogP contribution in [0.3, 0.4) is 0 Å². The van der Waals surface area contributed by atoms with E-state index in [0.717, 1.165) is 0 Å². The first-order valence-corrected chi connectivity index (χ1v) is 11.7. The molecule has 0 aliphatic carbocycles. The molecule has 0 N–H and O–H groups in total. The molecule has 1 aliphatic rings.